The molecule has 0 bridgehead atoms. The van der Waals surface area contributed by atoms with Gasteiger partial charge in [-0.15, -0.1) is 0 Å². The fraction of sp³-hybridized carbons (Fsp3) is 0.533. The highest BCUT2D eigenvalue weighted by molar-refractivity contribution is 7.99. The van der Waals surface area contributed by atoms with Crippen LogP contribution >= 0.6 is 11.8 Å². The van der Waals surface area contributed by atoms with E-state index in [1.165, 1.54) is 0 Å². The molecule has 0 saturated carbocycles. The number of hydrogen-bond acceptors (Lipinski definition) is 3. The summed E-state index contributed by atoms with van der Waals surface area (Å²) in [5.41, 5.74) is 8.54. The summed E-state index contributed by atoms with van der Waals surface area (Å²) in [5.74, 6) is 0. The van der Waals surface area contributed by atoms with Gasteiger partial charge < -0.3 is 10.7 Å². The summed E-state index contributed by atoms with van der Waals surface area (Å²) < 4.78 is 0. The van der Waals surface area contributed by atoms with Crippen molar-refractivity contribution in [3.8, 4) is 0 Å². The number of para-hydroxylation sites is 2. The minimum atomic E-state index is 0.152. The largest absolute Gasteiger partial charge is 0.333 e. The number of imidazole rings is 1. The zero-order valence-corrected chi connectivity index (χ0v) is 12.9. The fourth-order valence-corrected chi connectivity index (χ4v) is 3.51. The van der Waals surface area contributed by atoms with Crippen LogP contribution in [0.3, 0.4) is 0 Å². The summed E-state index contributed by atoms with van der Waals surface area (Å²) in [4.78, 5) is 8.01. The molecule has 2 unspecified atom stereocenters. The number of aromatic nitrogens is 2. The lowest BCUT2D eigenvalue weighted by atomic mass is 9.87. The molecule has 0 aliphatic rings. The van der Waals surface area contributed by atoms with E-state index in [-0.39, 0.29) is 11.5 Å². The Hall–Kier alpha value is -1.00. The Bertz CT molecular complexity index is 509. The third-order valence-corrected chi connectivity index (χ3v) is 5.05. The van der Waals surface area contributed by atoms with Crippen molar-refractivity contribution >= 4 is 22.8 Å². The van der Waals surface area contributed by atoms with Crippen LogP contribution in [0.4, 0.5) is 0 Å². The molecule has 2 aromatic rings. The SMILES string of the molecule is CCC(N)C(Sc1nc2ccccc2[nH]1)C(C)(C)C. The van der Waals surface area contributed by atoms with Gasteiger partial charge in [0.2, 0.25) is 0 Å². The van der Waals surface area contributed by atoms with E-state index in [9.17, 15) is 0 Å². The molecule has 0 aliphatic heterocycles. The lowest BCUT2D eigenvalue weighted by Gasteiger charge is -2.33. The van der Waals surface area contributed by atoms with Crippen LogP contribution in [0.25, 0.3) is 11.0 Å². The number of H-pyrrole nitrogens is 1. The number of nitrogens with one attached hydrogen (secondary N) is 1. The second kappa shape index (κ2) is 5.55. The monoisotopic (exact) mass is 277 g/mol. The minimum absolute atomic E-state index is 0.152. The van der Waals surface area contributed by atoms with Crippen molar-refractivity contribution in [3.63, 3.8) is 0 Å². The number of thioether (sulfide) groups is 1. The quantitative estimate of drug-likeness (QED) is 0.836. The van der Waals surface area contributed by atoms with Crippen molar-refractivity contribution < 1.29 is 0 Å². The Morgan fingerprint density at radius 2 is 2.00 bits per heavy atom. The second-order valence-corrected chi connectivity index (χ2v) is 7.17. The molecular weight excluding hydrogens is 254 g/mol. The topological polar surface area (TPSA) is 54.7 Å². The van der Waals surface area contributed by atoms with Gasteiger partial charge >= 0.3 is 0 Å². The van der Waals surface area contributed by atoms with Gasteiger partial charge in [-0.2, -0.15) is 0 Å². The third-order valence-electron chi connectivity index (χ3n) is 3.32. The molecule has 0 saturated heterocycles. The number of benzene rings is 1. The smallest absolute Gasteiger partial charge is 0.166 e. The zero-order valence-electron chi connectivity index (χ0n) is 12.1. The van der Waals surface area contributed by atoms with Crippen molar-refractivity contribution in [1.29, 1.82) is 0 Å². The summed E-state index contributed by atoms with van der Waals surface area (Å²) in [7, 11) is 0. The number of aromatic amines is 1. The summed E-state index contributed by atoms with van der Waals surface area (Å²) in [6.07, 6.45) is 0.981. The van der Waals surface area contributed by atoms with Gasteiger partial charge in [0.1, 0.15) is 0 Å². The van der Waals surface area contributed by atoms with Gasteiger partial charge in [0.15, 0.2) is 5.16 Å². The molecule has 1 heterocycles. The van der Waals surface area contributed by atoms with Gasteiger partial charge in [0, 0.05) is 11.3 Å². The van der Waals surface area contributed by atoms with Crippen LogP contribution in [0.1, 0.15) is 34.1 Å². The Labute approximate surface area is 119 Å². The highest BCUT2D eigenvalue weighted by Crippen LogP contribution is 2.37. The van der Waals surface area contributed by atoms with E-state index in [0.717, 1.165) is 22.6 Å². The standard InChI is InChI=1S/C15H23N3S/c1-5-10(16)13(15(2,3)4)19-14-17-11-8-6-7-9-12(11)18-14/h6-10,13H,5,16H2,1-4H3,(H,17,18). The average molecular weight is 277 g/mol. The first-order chi connectivity index (χ1) is 8.91. The van der Waals surface area contributed by atoms with E-state index in [4.69, 9.17) is 5.73 Å². The van der Waals surface area contributed by atoms with E-state index in [1.54, 1.807) is 11.8 Å². The highest BCUT2D eigenvalue weighted by atomic mass is 32.2. The van der Waals surface area contributed by atoms with Gasteiger partial charge in [0.05, 0.1) is 11.0 Å². The van der Waals surface area contributed by atoms with E-state index in [0.29, 0.717) is 5.25 Å². The molecule has 2 rings (SSSR count). The molecular formula is C15H23N3S. The van der Waals surface area contributed by atoms with Crippen LogP contribution in [0.15, 0.2) is 29.4 Å². The first kappa shape index (κ1) is 14.4. The molecule has 1 aromatic carbocycles. The Morgan fingerprint density at radius 3 is 2.58 bits per heavy atom. The molecule has 0 spiro atoms. The van der Waals surface area contributed by atoms with Crippen molar-refractivity contribution in [2.45, 2.75) is 50.6 Å². The predicted octanol–water partition coefficient (Wildman–Crippen LogP) is 3.81. The molecule has 0 fully saturated rings. The van der Waals surface area contributed by atoms with E-state index >= 15 is 0 Å². The zero-order chi connectivity index (χ0) is 14.0. The molecule has 3 N–H and O–H groups in total. The van der Waals surface area contributed by atoms with E-state index < -0.39 is 0 Å². The maximum atomic E-state index is 6.28. The number of rotatable bonds is 4. The Morgan fingerprint density at radius 1 is 1.32 bits per heavy atom. The van der Waals surface area contributed by atoms with E-state index in [2.05, 4.69) is 43.7 Å². The highest BCUT2D eigenvalue weighted by Gasteiger charge is 2.31. The van der Waals surface area contributed by atoms with Crippen LogP contribution in [0.5, 0.6) is 0 Å². The van der Waals surface area contributed by atoms with Gasteiger partial charge in [-0.1, -0.05) is 51.6 Å². The van der Waals surface area contributed by atoms with Gasteiger partial charge in [-0.3, -0.25) is 0 Å². The third kappa shape index (κ3) is 3.31. The van der Waals surface area contributed by atoms with Crippen molar-refractivity contribution in [2.75, 3.05) is 0 Å². The number of hydrogen-bond donors (Lipinski definition) is 2. The molecule has 3 nitrogen and oxygen atoms in total. The van der Waals surface area contributed by atoms with Crippen molar-refractivity contribution in [3.05, 3.63) is 24.3 Å². The Balaban J connectivity index is 2.25. The molecule has 0 radical (unpaired) electrons. The first-order valence-electron chi connectivity index (χ1n) is 6.79. The van der Waals surface area contributed by atoms with E-state index in [1.807, 2.05) is 18.2 Å². The Kier molecular flexibility index (Phi) is 4.21. The minimum Gasteiger partial charge on any atom is -0.333 e. The first-order valence-corrected chi connectivity index (χ1v) is 7.66. The van der Waals surface area contributed by atoms with Gasteiger partial charge in [0.25, 0.3) is 0 Å². The lowest BCUT2D eigenvalue weighted by molar-refractivity contribution is 0.350. The molecule has 0 aliphatic carbocycles. The molecule has 1 aromatic heterocycles. The fourth-order valence-electron chi connectivity index (χ4n) is 2.23. The summed E-state index contributed by atoms with van der Waals surface area (Å²) in [6.45, 7) is 8.86. The van der Waals surface area contributed by atoms with Crippen molar-refractivity contribution in [2.24, 2.45) is 11.1 Å². The molecule has 0 amide bonds. The molecule has 104 valence electrons. The van der Waals surface area contributed by atoms with Crippen LogP contribution in [0, 0.1) is 5.41 Å². The maximum absolute atomic E-state index is 6.28. The number of fused-ring (bicyclic) bond motifs is 1. The van der Waals surface area contributed by atoms with Gasteiger partial charge in [-0.25, -0.2) is 4.98 Å². The molecule has 4 heteroatoms. The summed E-state index contributed by atoms with van der Waals surface area (Å²) in [6, 6.07) is 8.29. The van der Waals surface area contributed by atoms with Crippen LogP contribution in [-0.2, 0) is 0 Å². The van der Waals surface area contributed by atoms with Crippen molar-refractivity contribution in [1.82, 2.24) is 9.97 Å². The average Bonchev–Trinajstić information content (AvgIpc) is 2.76. The summed E-state index contributed by atoms with van der Waals surface area (Å²) in [5, 5.41) is 1.31. The number of nitrogens with zero attached hydrogens (tertiary/aromatic N) is 1. The predicted molar refractivity (Wildman–Crippen MR) is 83.5 cm³/mol. The molecule has 19 heavy (non-hydrogen) atoms. The van der Waals surface area contributed by atoms with Crippen LogP contribution in [-0.4, -0.2) is 21.3 Å². The second-order valence-electron chi connectivity index (χ2n) is 6.04. The van der Waals surface area contributed by atoms with Gasteiger partial charge in [-0.05, 0) is 24.0 Å². The number of nitrogens with two attached hydrogens (primary N) is 1. The molecule has 2 atom stereocenters. The lowest BCUT2D eigenvalue weighted by Crippen LogP contribution is -2.40. The normalized spacial score (nSPS) is 15.6. The maximum Gasteiger partial charge on any atom is 0.166 e. The van der Waals surface area contributed by atoms with Crippen LogP contribution in [0.2, 0.25) is 0 Å². The van der Waals surface area contributed by atoms with Crippen LogP contribution < -0.4 is 5.73 Å². The summed E-state index contributed by atoms with van der Waals surface area (Å²) >= 11 is 1.76.